The smallest absolute Gasteiger partial charge is 0.325 e. The Hall–Kier alpha value is -3.01. The first-order chi connectivity index (χ1) is 13.3. The molecular weight excluding hydrogens is 385 g/mol. The van der Waals surface area contributed by atoms with Crippen molar-refractivity contribution in [1.82, 2.24) is 19.1 Å². The number of carbonyl (C=O) groups is 1. The number of fused-ring (bicyclic) bond motifs is 1. The molecule has 0 spiro atoms. The zero-order valence-electron chi connectivity index (χ0n) is 15.5. The number of hydrogen-bond donors (Lipinski definition) is 1. The molecule has 0 saturated carbocycles. The molecule has 0 aliphatic heterocycles. The first kappa shape index (κ1) is 19.7. The van der Waals surface area contributed by atoms with Gasteiger partial charge in [0.2, 0.25) is 5.91 Å². The van der Waals surface area contributed by atoms with Crippen LogP contribution in [0, 0.1) is 5.82 Å². The lowest BCUT2D eigenvalue weighted by Gasteiger charge is -2.11. The summed E-state index contributed by atoms with van der Waals surface area (Å²) >= 11 is 1.06. The van der Waals surface area contributed by atoms with Gasteiger partial charge in [-0.15, -0.1) is 0 Å². The molecule has 0 aliphatic rings. The average Bonchev–Trinajstić information content (AvgIpc) is 2.68. The Balaban J connectivity index is 1.95. The van der Waals surface area contributed by atoms with Crippen LogP contribution in [0.25, 0.3) is 11.0 Å². The summed E-state index contributed by atoms with van der Waals surface area (Å²) in [4.78, 5) is 45.7. The van der Waals surface area contributed by atoms with Gasteiger partial charge in [-0.25, -0.2) is 19.2 Å². The summed E-state index contributed by atoms with van der Waals surface area (Å²) in [7, 11) is 2.91. The molecule has 1 amide bonds. The van der Waals surface area contributed by atoms with Crippen molar-refractivity contribution in [2.45, 2.75) is 18.4 Å². The van der Waals surface area contributed by atoms with Crippen molar-refractivity contribution >= 4 is 34.4 Å². The fourth-order valence-electron chi connectivity index (χ4n) is 2.63. The van der Waals surface area contributed by atoms with Gasteiger partial charge in [-0.2, -0.15) is 0 Å². The molecule has 0 bridgehead atoms. The number of nitrogens with zero attached hydrogens (tertiary/aromatic N) is 4. The molecule has 2 heterocycles. The number of aryl methyl sites for hydroxylation is 2. The van der Waals surface area contributed by atoms with Crippen molar-refractivity contribution in [1.29, 1.82) is 0 Å². The van der Waals surface area contributed by atoms with Crippen molar-refractivity contribution in [2.75, 3.05) is 11.1 Å². The molecule has 3 rings (SSSR count). The molecule has 28 heavy (non-hydrogen) atoms. The normalized spacial score (nSPS) is 11.0. The fraction of sp³-hybridized carbons (Fsp3) is 0.278. The molecule has 3 aromatic rings. The number of carbonyl (C=O) groups excluding carboxylic acids is 1. The number of hydrogen-bond acceptors (Lipinski definition) is 6. The second-order valence-electron chi connectivity index (χ2n) is 6.05. The SMILES string of the molecule is CCc1nc(SCC(=O)Nc2cccc(F)c2)c2c(=O)n(C)c(=O)n(C)c2n1. The van der Waals surface area contributed by atoms with E-state index in [0.29, 0.717) is 23.0 Å². The monoisotopic (exact) mass is 403 g/mol. The third kappa shape index (κ3) is 3.81. The molecule has 1 aromatic carbocycles. The maximum atomic E-state index is 13.2. The van der Waals surface area contributed by atoms with E-state index in [9.17, 15) is 18.8 Å². The Morgan fingerprint density at radius 3 is 2.64 bits per heavy atom. The van der Waals surface area contributed by atoms with Gasteiger partial charge in [0.05, 0.1) is 5.75 Å². The first-order valence-electron chi connectivity index (χ1n) is 8.46. The molecule has 0 unspecified atom stereocenters. The summed E-state index contributed by atoms with van der Waals surface area (Å²) < 4.78 is 15.5. The third-order valence-electron chi connectivity index (χ3n) is 4.08. The van der Waals surface area contributed by atoms with Crippen LogP contribution in [0.4, 0.5) is 10.1 Å². The van der Waals surface area contributed by atoms with Gasteiger partial charge >= 0.3 is 5.69 Å². The number of anilines is 1. The van der Waals surface area contributed by atoms with Crippen molar-refractivity contribution in [3.8, 4) is 0 Å². The van der Waals surface area contributed by atoms with Gasteiger partial charge in [-0.1, -0.05) is 24.8 Å². The fourth-order valence-corrected chi connectivity index (χ4v) is 3.46. The molecule has 0 aliphatic carbocycles. The van der Waals surface area contributed by atoms with Gasteiger partial charge in [0, 0.05) is 26.2 Å². The van der Waals surface area contributed by atoms with Gasteiger partial charge in [-0.05, 0) is 18.2 Å². The highest BCUT2D eigenvalue weighted by Gasteiger charge is 2.18. The lowest BCUT2D eigenvalue weighted by Crippen LogP contribution is -2.37. The van der Waals surface area contributed by atoms with Crippen LogP contribution in [0.5, 0.6) is 0 Å². The predicted molar refractivity (Wildman–Crippen MR) is 105 cm³/mol. The van der Waals surface area contributed by atoms with Crippen LogP contribution in [0.3, 0.4) is 0 Å². The summed E-state index contributed by atoms with van der Waals surface area (Å²) in [6.07, 6.45) is 0.502. The molecule has 2 aromatic heterocycles. The number of halogens is 1. The van der Waals surface area contributed by atoms with E-state index in [-0.39, 0.29) is 22.7 Å². The van der Waals surface area contributed by atoms with E-state index in [0.717, 1.165) is 16.3 Å². The zero-order chi connectivity index (χ0) is 20.4. The minimum absolute atomic E-state index is 0.0439. The molecule has 1 N–H and O–H groups in total. The molecule has 10 heteroatoms. The number of amides is 1. The van der Waals surface area contributed by atoms with Gasteiger partial charge in [-0.3, -0.25) is 18.7 Å². The van der Waals surface area contributed by atoms with E-state index in [1.165, 1.54) is 36.9 Å². The van der Waals surface area contributed by atoms with Crippen LogP contribution in [0.15, 0.2) is 38.9 Å². The highest BCUT2D eigenvalue weighted by molar-refractivity contribution is 8.00. The number of thioether (sulfide) groups is 1. The number of benzene rings is 1. The quantitative estimate of drug-likeness (QED) is 0.512. The zero-order valence-corrected chi connectivity index (χ0v) is 16.3. The second kappa shape index (κ2) is 7.93. The van der Waals surface area contributed by atoms with Gasteiger partial charge < -0.3 is 5.32 Å². The van der Waals surface area contributed by atoms with Gasteiger partial charge in [0.25, 0.3) is 5.56 Å². The van der Waals surface area contributed by atoms with Gasteiger partial charge in [0.15, 0.2) is 5.65 Å². The third-order valence-corrected chi connectivity index (χ3v) is 5.05. The Kier molecular flexibility index (Phi) is 5.59. The average molecular weight is 403 g/mol. The van der Waals surface area contributed by atoms with Crippen LogP contribution in [0.2, 0.25) is 0 Å². The van der Waals surface area contributed by atoms with E-state index >= 15 is 0 Å². The van der Waals surface area contributed by atoms with Crippen LogP contribution >= 0.6 is 11.8 Å². The van der Waals surface area contributed by atoms with Crippen molar-refractivity contribution < 1.29 is 9.18 Å². The molecule has 0 atom stereocenters. The Morgan fingerprint density at radius 2 is 1.96 bits per heavy atom. The predicted octanol–water partition coefficient (Wildman–Crippen LogP) is 1.46. The van der Waals surface area contributed by atoms with Crippen molar-refractivity contribution in [2.24, 2.45) is 14.1 Å². The standard InChI is InChI=1S/C18H18FN5O3S/c1-4-12-21-15-14(17(26)24(3)18(27)23(15)2)16(22-12)28-9-13(25)20-11-7-5-6-10(19)8-11/h5-8H,4,9H2,1-3H3,(H,20,25). The van der Waals surface area contributed by atoms with Crippen molar-refractivity contribution in [3.05, 3.63) is 56.7 Å². The summed E-state index contributed by atoms with van der Waals surface area (Å²) in [5, 5.41) is 3.11. The van der Waals surface area contributed by atoms with E-state index in [4.69, 9.17) is 0 Å². The number of rotatable bonds is 5. The topological polar surface area (TPSA) is 98.9 Å². The summed E-state index contributed by atoms with van der Waals surface area (Å²) in [6, 6.07) is 5.56. The number of nitrogens with one attached hydrogen (secondary N) is 1. The maximum absolute atomic E-state index is 13.2. The lowest BCUT2D eigenvalue weighted by atomic mass is 10.3. The molecule has 146 valence electrons. The minimum atomic E-state index is -0.520. The Morgan fingerprint density at radius 1 is 1.21 bits per heavy atom. The highest BCUT2D eigenvalue weighted by atomic mass is 32.2. The molecule has 0 radical (unpaired) electrons. The number of aromatic nitrogens is 4. The molecule has 0 fully saturated rings. The van der Waals surface area contributed by atoms with E-state index < -0.39 is 17.1 Å². The van der Waals surface area contributed by atoms with Crippen LogP contribution < -0.4 is 16.6 Å². The van der Waals surface area contributed by atoms with Crippen LogP contribution in [-0.2, 0) is 25.3 Å². The van der Waals surface area contributed by atoms with Crippen LogP contribution in [-0.4, -0.2) is 30.8 Å². The molecule has 0 saturated heterocycles. The Labute approximate surface area is 163 Å². The first-order valence-corrected chi connectivity index (χ1v) is 9.45. The summed E-state index contributed by atoms with van der Waals surface area (Å²) in [5.74, 6) is -0.410. The Bertz CT molecular complexity index is 1190. The van der Waals surface area contributed by atoms with E-state index in [1.54, 1.807) is 6.07 Å². The summed E-state index contributed by atoms with van der Waals surface area (Å²) in [5.41, 5.74) is -0.439. The van der Waals surface area contributed by atoms with Gasteiger partial charge in [0.1, 0.15) is 22.1 Å². The summed E-state index contributed by atoms with van der Waals surface area (Å²) in [6.45, 7) is 1.85. The van der Waals surface area contributed by atoms with Crippen molar-refractivity contribution in [3.63, 3.8) is 0 Å². The molecule has 8 nitrogen and oxygen atoms in total. The lowest BCUT2D eigenvalue weighted by molar-refractivity contribution is -0.113. The second-order valence-corrected chi connectivity index (χ2v) is 7.01. The van der Waals surface area contributed by atoms with Crippen LogP contribution in [0.1, 0.15) is 12.7 Å². The minimum Gasteiger partial charge on any atom is -0.325 e. The van der Waals surface area contributed by atoms with E-state index in [1.807, 2.05) is 6.92 Å². The highest BCUT2D eigenvalue weighted by Crippen LogP contribution is 2.22. The van der Waals surface area contributed by atoms with E-state index in [2.05, 4.69) is 15.3 Å². The largest absolute Gasteiger partial charge is 0.332 e. The maximum Gasteiger partial charge on any atom is 0.332 e. The molecular formula is C18H18FN5O3S.